The molecule has 0 fully saturated rings. The molecule has 0 aliphatic carbocycles. The second-order valence-electron chi connectivity index (χ2n) is 4.25. The van der Waals surface area contributed by atoms with Crippen LogP contribution in [0.1, 0.15) is 21.5 Å². The van der Waals surface area contributed by atoms with Crippen LogP contribution in [-0.4, -0.2) is 5.91 Å². The van der Waals surface area contributed by atoms with E-state index in [4.69, 9.17) is 0 Å². The number of benzene rings is 2. The maximum atomic E-state index is 12.1. The van der Waals surface area contributed by atoms with Crippen LogP contribution < -0.4 is 5.32 Å². The Labute approximate surface area is 112 Å². The SMILES string of the molecule is Cc1cccc(NC(=O)c2ccc(S)cc2)c1C. The van der Waals surface area contributed by atoms with Crippen LogP contribution in [0.4, 0.5) is 5.69 Å². The van der Waals surface area contributed by atoms with Crippen LogP contribution >= 0.6 is 12.6 Å². The van der Waals surface area contributed by atoms with Crippen molar-refractivity contribution in [2.75, 3.05) is 5.32 Å². The van der Waals surface area contributed by atoms with Gasteiger partial charge in [-0.3, -0.25) is 4.79 Å². The lowest BCUT2D eigenvalue weighted by atomic mass is 10.1. The summed E-state index contributed by atoms with van der Waals surface area (Å²) in [5.74, 6) is -0.1000. The van der Waals surface area contributed by atoms with Crippen LogP contribution in [0.3, 0.4) is 0 Å². The number of hydrogen-bond acceptors (Lipinski definition) is 2. The number of carbonyl (C=O) groups excluding carboxylic acids is 1. The maximum Gasteiger partial charge on any atom is 0.255 e. The summed E-state index contributed by atoms with van der Waals surface area (Å²) in [5, 5.41) is 2.92. The normalized spacial score (nSPS) is 10.2. The number of amides is 1. The molecule has 0 saturated heterocycles. The first-order chi connectivity index (χ1) is 8.58. The summed E-state index contributed by atoms with van der Waals surface area (Å²) in [7, 11) is 0. The van der Waals surface area contributed by atoms with Crippen molar-refractivity contribution in [1.82, 2.24) is 0 Å². The third-order valence-corrected chi connectivity index (χ3v) is 3.28. The Bertz CT molecular complexity index is 576. The molecule has 0 bridgehead atoms. The van der Waals surface area contributed by atoms with Crippen molar-refractivity contribution in [2.24, 2.45) is 0 Å². The van der Waals surface area contributed by atoms with E-state index < -0.39 is 0 Å². The molecule has 0 aliphatic rings. The van der Waals surface area contributed by atoms with Crippen molar-refractivity contribution in [3.05, 3.63) is 59.2 Å². The molecule has 18 heavy (non-hydrogen) atoms. The zero-order valence-corrected chi connectivity index (χ0v) is 11.3. The molecule has 3 heteroatoms. The predicted molar refractivity (Wildman–Crippen MR) is 77.6 cm³/mol. The number of nitrogens with one attached hydrogen (secondary N) is 1. The number of aryl methyl sites for hydroxylation is 1. The summed E-state index contributed by atoms with van der Waals surface area (Å²) in [6, 6.07) is 13.0. The lowest BCUT2D eigenvalue weighted by Crippen LogP contribution is -2.12. The van der Waals surface area contributed by atoms with E-state index in [9.17, 15) is 4.79 Å². The van der Waals surface area contributed by atoms with Gasteiger partial charge in [0.05, 0.1) is 0 Å². The molecule has 0 spiro atoms. The van der Waals surface area contributed by atoms with E-state index in [1.807, 2.05) is 32.0 Å². The van der Waals surface area contributed by atoms with E-state index in [0.717, 1.165) is 16.1 Å². The number of thiol groups is 1. The molecule has 0 heterocycles. The Hall–Kier alpha value is -1.74. The van der Waals surface area contributed by atoms with Crippen molar-refractivity contribution < 1.29 is 4.79 Å². The lowest BCUT2D eigenvalue weighted by molar-refractivity contribution is 0.102. The molecule has 1 N–H and O–H groups in total. The van der Waals surface area contributed by atoms with Gasteiger partial charge in [-0.25, -0.2) is 0 Å². The van der Waals surface area contributed by atoms with E-state index in [1.54, 1.807) is 24.3 Å². The lowest BCUT2D eigenvalue weighted by Gasteiger charge is -2.10. The fourth-order valence-corrected chi connectivity index (χ4v) is 1.84. The van der Waals surface area contributed by atoms with Crippen molar-refractivity contribution in [3.63, 3.8) is 0 Å². The zero-order chi connectivity index (χ0) is 13.1. The molecule has 92 valence electrons. The van der Waals surface area contributed by atoms with Crippen LogP contribution in [0.15, 0.2) is 47.4 Å². The molecular weight excluding hydrogens is 242 g/mol. The Morgan fingerprint density at radius 2 is 1.72 bits per heavy atom. The second kappa shape index (κ2) is 5.27. The summed E-state index contributed by atoms with van der Waals surface area (Å²) < 4.78 is 0. The predicted octanol–water partition coefficient (Wildman–Crippen LogP) is 3.84. The largest absolute Gasteiger partial charge is 0.322 e. The monoisotopic (exact) mass is 257 g/mol. The van der Waals surface area contributed by atoms with E-state index in [0.29, 0.717) is 5.56 Å². The van der Waals surface area contributed by atoms with Gasteiger partial charge in [0.25, 0.3) is 5.91 Å². The molecule has 2 rings (SSSR count). The number of carbonyl (C=O) groups is 1. The minimum atomic E-state index is -0.1000. The highest BCUT2D eigenvalue weighted by molar-refractivity contribution is 7.80. The molecule has 0 aliphatic heterocycles. The van der Waals surface area contributed by atoms with Gasteiger partial charge in [-0.1, -0.05) is 12.1 Å². The van der Waals surface area contributed by atoms with Crippen molar-refractivity contribution in [2.45, 2.75) is 18.7 Å². The van der Waals surface area contributed by atoms with Gasteiger partial charge < -0.3 is 5.32 Å². The molecular formula is C15H15NOS. The van der Waals surface area contributed by atoms with Gasteiger partial charge in [0.2, 0.25) is 0 Å². The van der Waals surface area contributed by atoms with Crippen molar-refractivity contribution in [1.29, 1.82) is 0 Å². The quantitative estimate of drug-likeness (QED) is 0.786. The summed E-state index contributed by atoms with van der Waals surface area (Å²) in [6.45, 7) is 4.03. The van der Waals surface area contributed by atoms with Crippen LogP contribution in [-0.2, 0) is 0 Å². The molecule has 0 aromatic heterocycles. The third-order valence-electron chi connectivity index (χ3n) is 2.98. The van der Waals surface area contributed by atoms with E-state index in [2.05, 4.69) is 17.9 Å². The first kappa shape index (κ1) is 12.7. The van der Waals surface area contributed by atoms with Crippen LogP contribution in [0.2, 0.25) is 0 Å². The fraction of sp³-hybridized carbons (Fsp3) is 0.133. The summed E-state index contributed by atoms with van der Waals surface area (Å²) >= 11 is 4.20. The zero-order valence-electron chi connectivity index (χ0n) is 10.4. The van der Waals surface area contributed by atoms with Crippen molar-refractivity contribution in [3.8, 4) is 0 Å². The first-order valence-corrected chi connectivity index (χ1v) is 6.19. The highest BCUT2D eigenvalue weighted by Gasteiger charge is 2.07. The van der Waals surface area contributed by atoms with Gasteiger partial charge in [-0.15, -0.1) is 12.6 Å². The summed E-state index contributed by atoms with van der Waals surface area (Å²) in [6.07, 6.45) is 0. The molecule has 0 atom stereocenters. The number of anilines is 1. The molecule has 1 amide bonds. The Balaban J connectivity index is 2.21. The van der Waals surface area contributed by atoms with E-state index in [1.165, 1.54) is 5.56 Å². The van der Waals surface area contributed by atoms with E-state index >= 15 is 0 Å². The molecule has 2 aromatic rings. The minimum absolute atomic E-state index is 0.1000. The van der Waals surface area contributed by atoms with Crippen LogP contribution in [0, 0.1) is 13.8 Å². The summed E-state index contributed by atoms with van der Waals surface area (Å²) in [4.78, 5) is 12.9. The third kappa shape index (κ3) is 2.74. The van der Waals surface area contributed by atoms with Crippen LogP contribution in [0.5, 0.6) is 0 Å². The van der Waals surface area contributed by atoms with Gasteiger partial charge in [-0.2, -0.15) is 0 Å². The number of hydrogen-bond donors (Lipinski definition) is 2. The van der Waals surface area contributed by atoms with Gasteiger partial charge in [-0.05, 0) is 55.3 Å². The van der Waals surface area contributed by atoms with E-state index in [-0.39, 0.29) is 5.91 Å². The average Bonchev–Trinajstić information content (AvgIpc) is 2.36. The summed E-state index contributed by atoms with van der Waals surface area (Å²) in [5.41, 5.74) is 3.75. The molecule has 0 saturated carbocycles. The van der Waals surface area contributed by atoms with Crippen LogP contribution in [0.25, 0.3) is 0 Å². The maximum absolute atomic E-state index is 12.1. The Morgan fingerprint density at radius 3 is 2.39 bits per heavy atom. The van der Waals surface area contributed by atoms with Gasteiger partial charge in [0.1, 0.15) is 0 Å². The van der Waals surface area contributed by atoms with Crippen molar-refractivity contribution >= 4 is 24.2 Å². The second-order valence-corrected chi connectivity index (χ2v) is 4.76. The smallest absolute Gasteiger partial charge is 0.255 e. The highest BCUT2D eigenvalue weighted by atomic mass is 32.1. The Kier molecular flexibility index (Phi) is 3.72. The first-order valence-electron chi connectivity index (χ1n) is 5.74. The standard InChI is InChI=1S/C15H15NOS/c1-10-4-3-5-14(11(10)2)16-15(17)12-6-8-13(18)9-7-12/h3-9,18H,1-2H3,(H,16,17). The minimum Gasteiger partial charge on any atom is -0.322 e. The molecule has 2 aromatic carbocycles. The molecule has 2 nitrogen and oxygen atoms in total. The highest BCUT2D eigenvalue weighted by Crippen LogP contribution is 2.19. The Morgan fingerprint density at radius 1 is 1.06 bits per heavy atom. The van der Waals surface area contributed by atoms with Gasteiger partial charge in [0, 0.05) is 16.1 Å². The fourth-order valence-electron chi connectivity index (χ4n) is 1.69. The molecule has 0 unspecified atom stereocenters. The van der Waals surface area contributed by atoms with Gasteiger partial charge >= 0.3 is 0 Å². The number of rotatable bonds is 2. The topological polar surface area (TPSA) is 29.1 Å². The van der Waals surface area contributed by atoms with Gasteiger partial charge in [0.15, 0.2) is 0 Å². The average molecular weight is 257 g/mol. The molecule has 0 radical (unpaired) electrons.